The molecule has 0 aromatic rings. The fraction of sp³-hybridized carbons (Fsp3) is 1.00. The minimum absolute atomic E-state index is 0.190. The van der Waals surface area contributed by atoms with Gasteiger partial charge in [0, 0.05) is 13.7 Å². The van der Waals surface area contributed by atoms with Crippen molar-refractivity contribution in [1.29, 1.82) is 0 Å². The third-order valence-corrected chi connectivity index (χ3v) is 1.09. The molecule has 1 aliphatic rings. The first-order chi connectivity index (χ1) is 4.93. The van der Waals surface area contributed by atoms with Crippen LogP contribution in [-0.4, -0.2) is 33.1 Å². The minimum atomic E-state index is 0.190. The zero-order chi connectivity index (χ0) is 7.23. The van der Waals surface area contributed by atoms with Crippen molar-refractivity contribution in [2.24, 2.45) is 0 Å². The van der Waals surface area contributed by atoms with E-state index < -0.39 is 0 Å². The zero-order valence-electron chi connectivity index (χ0n) is 6.02. The molecule has 1 saturated heterocycles. The van der Waals surface area contributed by atoms with E-state index in [1.807, 2.05) is 0 Å². The summed E-state index contributed by atoms with van der Waals surface area (Å²) >= 11 is 0. The molecule has 5 heteroatoms. The SMILES string of the molecule is COCCNNNC1CO1. The molecule has 0 aliphatic carbocycles. The predicted molar refractivity (Wildman–Crippen MR) is 35.9 cm³/mol. The second kappa shape index (κ2) is 4.59. The third kappa shape index (κ3) is 3.76. The van der Waals surface area contributed by atoms with Gasteiger partial charge in [0.25, 0.3) is 0 Å². The van der Waals surface area contributed by atoms with Crippen molar-refractivity contribution < 1.29 is 9.47 Å². The van der Waals surface area contributed by atoms with Crippen molar-refractivity contribution >= 4 is 0 Å². The van der Waals surface area contributed by atoms with Gasteiger partial charge < -0.3 is 9.47 Å². The molecule has 3 N–H and O–H groups in total. The maximum Gasteiger partial charge on any atom is 0.145 e. The Balaban J connectivity index is 1.68. The van der Waals surface area contributed by atoms with Crippen LogP contribution < -0.4 is 16.4 Å². The molecular formula is C5H13N3O2. The fourth-order valence-electron chi connectivity index (χ4n) is 0.479. The summed E-state index contributed by atoms with van der Waals surface area (Å²) in [6.07, 6.45) is 0.190. The summed E-state index contributed by atoms with van der Waals surface area (Å²) in [5.74, 6) is 0. The van der Waals surface area contributed by atoms with E-state index in [9.17, 15) is 0 Å². The highest BCUT2D eigenvalue weighted by Gasteiger charge is 2.20. The molecule has 1 aliphatic heterocycles. The van der Waals surface area contributed by atoms with Crippen molar-refractivity contribution in [1.82, 2.24) is 16.4 Å². The quantitative estimate of drug-likeness (QED) is 0.245. The smallest absolute Gasteiger partial charge is 0.145 e. The second-order valence-electron chi connectivity index (χ2n) is 2.01. The number of ether oxygens (including phenoxy) is 2. The molecular weight excluding hydrogens is 134 g/mol. The van der Waals surface area contributed by atoms with Gasteiger partial charge in [0.15, 0.2) is 0 Å². The number of epoxide rings is 1. The van der Waals surface area contributed by atoms with E-state index in [1.54, 1.807) is 7.11 Å². The lowest BCUT2D eigenvalue weighted by Gasteiger charge is -2.04. The zero-order valence-corrected chi connectivity index (χ0v) is 6.02. The molecule has 1 atom stereocenters. The van der Waals surface area contributed by atoms with Crippen LogP contribution in [0.25, 0.3) is 0 Å². The van der Waals surface area contributed by atoms with Gasteiger partial charge in [0.2, 0.25) is 0 Å². The summed E-state index contributed by atoms with van der Waals surface area (Å²) < 4.78 is 9.67. The molecule has 0 radical (unpaired) electrons. The van der Waals surface area contributed by atoms with Crippen LogP contribution >= 0.6 is 0 Å². The Kier molecular flexibility index (Phi) is 3.63. The Bertz CT molecular complexity index is 87.0. The molecule has 0 spiro atoms. The van der Waals surface area contributed by atoms with E-state index in [1.165, 1.54) is 0 Å². The topological polar surface area (TPSA) is 57.9 Å². The van der Waals surface area contributed by atoms with Crippen LogP contribution in [0, 0.1) is 0 Å². The van der Waals surface area contributed by atoms with Gasteiger partial charge in [-0.1, -0.05) is 0 Å². The number of nitrogens with one attached hydrogen (secondary N) is 3. The first-order valence-electron chi connectivity index (χ1n) is 3.27. The second-order valence-corrected chi connectivity index (χ2v) is 2.01. The van der Waals surface area contributed by atoms with Crippen LogP contribution in [0.3, 0.4) is 0 Å². The summed E-state index contributed by atoms with van der Waals surface area (Å²) in [7, 11) is 1.67. The maximum absolute atomic E-state index is 4.87. The van der Waals surface area contributed by atoms with Gasteiger partial charge in [0.05, 0.1) is 13.2 Å². The predicted octanol–water partition coefficient (Wildman–Crippen LogP) is -1.41. The number of rotatable bonds is 6. The van der Waals surface area contributed by atoms with Crippen LogP contribution in [-0.2, 0) is 9.47 Å². The normalized spacial score (nSPS) is 23.1. The summed E-state index contributed by atoms with van der Waals surface area (Å²) in [5, 5.41) is 0. The highest BCUT2D eigenvalue weighted by molar-refractivity contribution is 4.61. The third-order valence-electron chi connectivity index (χ3n) is 1.09. The van der Waals surface area contributed by atoms with Crippen LogP contribution in [0.15, 0.2) is 0 Å². The van der Waals surface area contributed by atoms with Gasteiger partial charge in [0.1, 0.15) is 6.23 Å². The molecule has 0 aromatic heterocycles. The van der Waals surface area contributed by atoms with Gasteiger partial charge >= 0.3 is 0 Å². The average Bonchev–Trinajstić information content (AvgIpc) is 2.71. The van der Waals surface area contributed by atoms with Gasteiger partial charge in [-0.05, 0) is 0 Å². The van der Waals surface area contributed by atoms with Crippen LogP contribution in [0.1, 0.15) is 0 Å². The molecule has 10 heavy (non-hydrogen) atoms. The van der Waals surface area contributed by atoms with Gasteiger partial charge in [-0.3, -0.25) is 0 Å². The van der Waals surface area contributed by atoms with Crippen LogP contribution in [0.5, 0.6) is 0 Å². The Hall–Kier alpha value is -0.200. The number of hydrogen-bond acceptors (Lipinski definition) is 5. The van der Waals surface area contributed by atoms with E-state index >= 15 is 0 Å². The van der Waals surface area contributed by atoms with Gasteiger partial charge in [-0.25, -0.2) is 10.9 Å². The summed E-state index contributed by atoms with van der Waals surface area (Å²) in [6, 6.07) is 0. The fourth-order valence-corrected chi connectivity index (χ4v) is 0.479. The number of hydrazine groups is 2. The largest absolute Gasteiger partial charge is 0.383 e. The lowest BCUT2D eigenvalue weighted by atomic mass is 10.7. The average molecular weight is 147 g/mol. The lowest BCUT2D eigenvalue weighted by Crippen LogP contribution is -2.46. The highest BCUT2D eigenvalue weighted by atomic mass is 16.6. The molecule has 5 nitrogen and oxygen atoms in total. The van der Waals surface area contributed by atoms with E-state index in [-0.39, 0.29) is 6.23 Å². The highest BCUT2D eigenvalue weighted by Crippen LogP contribution is 2.00. The Labute approximate surface area is 60.0 Å². The molecule has 0 aromatic carbocycles. The minimum Gasteiger partial charge on any atom is -0.383 e. The molecule has 60 valence electrons. The van der Waals surface area contributed by atoms with Crippen molar-refractivity contribution in [3.63, 3.8) is 0 Å². The van der Waals surface area contributed by atoms with E-state index in [2.05, 4.69) is 16.4 Å². The summed E-state index contributed by atoms with van der Waals surface area (Å²) in [6.45, 7) is 2.26. The molecule has 1 rings (SSSR count). The van der Waals surface area contributed by atoms with Crippen LogP contribution in [0.2, 0.25) is 0 Å². The number of hydrogen-bond donors (Lipinski definition) is 3. The van der Waals surface area contributed by atoms with E-state index in [0.29, 0.717) is 6.61 Å². The summed E-state index contributed by atoms with van der Waals surface area (Å²) in [5.41, 5.74) is 8.55. The first-order valence-corrected chi connectivity index (χ1v) is 3.27. The van der Waals surface area contributed by atoms with Gasteiger partial charge in [-0.15, -0.1) is 0 Å². The molecule has 1 heterocycles. The molecule has 0 saturated carbocycles. The van der Waals surface area contributed by atoms with Crippen molar-refractivity contribution in [2.75, 3.05) is 26.9 Å². The molecule has 0 amide bonds. The van der Waals surface area contributed by atoms with Crippen molar-refractivity contribution in [2.45, 2.75) is 6.23 Å². The first kappa shape index (κ1) is 7.90. The van der Waals surface area contributed by atoms with Gasteiger partial charge in [-0.2, -0.15) is 5.53 Å². The Morgan fingerprint density at radius 1 is 1.70 bits per heavy atom. The Morgan fingerprint density at radius 2 is 2.50 bits per heavy atom. The van der Waals surface area contributed by atoms with Crippen LogP contribution in [0.4, 0.5) is 0 Å². The van der Waals surface area contributed by atoms with E-state index in [4.69, 9.17) is 9.47 Å². The monoisotopic (exact) mass is 147 g/mol. The van der Waals surface area contributed by atoms with Crippen molar-refractivity contribution in [3.8, 4) is 0 Å². The van der Waals surface area contributed by atoms with E-state index in [0.717, 1.165) is 13.2 Å². The molecule has 1 unspecified atom stereocenters. The van der Waals surface area contributed by atoms with Crippen molar-refractivity contribution in [3.05, 3.63) is 0 Å². The Morgan fingerprint density at radius 3 is 3.10 bits per heavy atom. The number of methoxy groups -OCH3 is 1. The standard InChI is InChI=1S/C5H13N3O2/c1-9-3-2-6-8-7-5-4-10-5/h5-8H,2-4H2,1H3. The molecule has 1 fully saturated rings. The lowest BCUT2D eigenvalue weighted by molar-refractivity contribution is 0.189. The summed E-state index contributed by atoms with van der Waals surface area (Å²) in [4.78, 5) is 0. The maximum atomic E-state index is 4.87. The molecule has 0 bridgehead atoms.